The number of carbonyl (C=O) groups excluding carboxylic acids is 2. The maximum Gasteiger partial charge on any atom is 0.347 e. The van der Waals surface area contributed by atoms with Gasteiger partial charge in [0.2, 0.25) is 6.10 Å². The van der Waals surface area contributed by atoms with E-state index in [4.69, 9.17) is 9.47 Å². The molecule has 0 N–H and O–H groups in total. The monoisotopic (exact) mass is 279 g/mol. The number of nitro benzene ring substituents is 1. The van der Waals surface area contributed by atoms with Gasteiger partial charge >= 0.3 is 11.9 Å². The summed E-state index contributed by atoms with van der Waals surface area (Å²) in [6, 6.07) is 4.35. The van der Waals surface area contributed by atoms with Gasteiger partial charge in [-0.3, -0.25) is 10.1 Å². The van der Waals surface area contributed by atoms with Gasteiger partial charge in [0, 0.05) is 12.0 Å². The van der Waals surface area contributed by atoms with Crippen molar-refractivity contribution in [2.75, 3.05) is 0 Å². The molecule has 2 rings (SSSR count). The molecule has 0 aromatic heterocycles. The average molecular weight is 279 g/mol. The van der Waals surface area contributed by atoms with E-state index in [0.717, 1.165) is 0 Å². The first-order chi connectivity index (χ1) is 9.40. The predicted molar refractivity (Wildman–Crippen MR) is 67.2 cm³/mol. The summed E-state index contributed by atoms with van der Waals surface area (Å²) in [5, 5.41) is 11.0. The van der Waals surface area contributed by atoms with Gasteiger partial charge < -0.3 is 9.47 Å². The molecule has 106 valence electrons. The molecule has 0 radical (unpaired) electrons. The lowest BCUT2D eigenvalue weighted by molar-refractivity contribution is -0.385. The minimum absolute atomic E-state index is 0.164. The molecule has 0 spiro atoms. The van der Waals surface area contributed by atoms with Gasteiger partial charge in [-0.2, -0.15) is 0 Å². The van der Waals surface area contributed by atoms with Crippen LogP contribution < -0.4 is 0 Å². The van der Waals surface area contributed by atoms with E-state index in [9.17, 15) is 19.7 Å². The van der Waals surface area contributed by atoms with E-state index in [1.165, 1.54) is 25.1 Å². The van der Waals surface area contributed by atoms with Crippen molar-refractivity contribution in [3.05, 3.63) is 39.4 Å². The second-order valence-corrected chi connectivity index (χ2v) is 4.61. The fraction of sp³-hybridized carbons (Fsp3) is 0.385. The van der Waals surface area contributed by atoms with Crippen molar-refractivity contribution in [2.24, 2.45) is 0 Å². The Balaban J connectivity index is 2.24. The molecule has 2 unspecified atom stereocenters. The highest BCUT2D eigenvalue weighted by Crippen LogP contribution is 2.25. The minimum Gasteiger partial charge on any atom is -0.460 e. The van der Waals surface area contributed by atoms with Gasteiger partial charge in [-0.05, 0) is 19.9 Å². The summed E-state index contributed by atoms with van der Waals surface area (Å²) in [5.74, 6) is -1.52. The molecule has 0 aliphatic carbocycles. The summed E-state index contributed by atoms with van der Waals surface area (Å²) >= 11 is 0. The maximum atomic E-state index is 12.0. The van der Waals surface area contributed by atoms with E-state index < -0.39 is 23.0 Å². The number of esters is 2. The number of nitro groups is 1. The Morgan fingerprint density at radius 3 is 2.75 bits per heavy atom. The van der Waals surface area contributed by atoms with Gasteiger partial charge in [-0.1, -0.05) is 12.1 Å². The number of hydrogen-bond donors (Lipinski definition) is 0. The second kappa shape index (κ2) is 5.28. The summed E-state index contributed by atoms with van der Waals surface area (Å²) in [7, 11) is 0. The Bertz CT molecular complexity index is 582. The molecule has 1 aliphatic heterocycles. The van der Waals surface area contributed by atoms with Gasteiger partial charge in [-0.15, -0.1) is 0 Å². The molecule has 1 aromatic carbocycles. The number of cyclic esters (lactones) is 1. The smallest absolute Gasteiger partial charge is 0.347 e. The zero-order valence-electron chi connectivity index (χ0n) is 11.0. The standard InChI is InChI=1S/C13H13NO6/c1-7-4-3-5-9(11(7)14(17)18)12(15)20-10-6-8(2)19-13(10)16/h3-5,8,10H,6H2,1-2H3. The van der Waals surface area contributed by atoms with Gasteiger partial charge in [0.15, 0.2) is 0 Å². The molecule has 2 atom stereocenters. The Labute approximate surface area is 114 Å². The Morgan fingerprint density at radius 2 is 2.20 bits per heavy atom. The number of benzene rings is 1. The largest absolute Gasteiger partial charge is 0.460 e. The van der Waals surface area contributed by atoms with Crippen molar-refractivity contribution >= 4 is 17.6 Å². The highest BCUT2D eigenvalue weighted by atomic mass is 16.6. The normalized spacial score (nSPS) is 21.4. The van der Waals surface area contributed by atoms with E-state index in [1.807, 2.05) is 0 Å². The van der Waals surface area contributed by atoms with Crippen molar-refractivity contribution in [1.82, 2.24) is 0 Å². The lowest BCUT2D eigenvalue weighted by atomic mass is 10.1. The Hall–Kier alpha value is -2.44. The van der Waals surface area contributed by atoms with Crippen molar-refractivity contribution in [1.29, 1.82) is 0 Å². The number of aryl methyl sites for hydroxylation is 1. The molecule has 0 amide bonds. The molecular formula is C13H13NO6. The first kappa shape index (κ1) is 14.0. The molecule has 7 heteroatoms. The van der Waals surface area contributed by atoms with E-state index in [1.54, 1.807) is 6.92 Å². The van der Waals surface area contributed by atoms with Gasteiger partial charge in [-0.25, -0.2) is 9.59 Å². The van der Waals surface area contributed by atoms with Crippen molar-refractivity contribution in [3.63, 3.8) is 0 Å². The van der Waals surface area contributed by atoms with Crippen molar-refractivity contribution in [2.45, 2.75) is 32.5 Å². The van der Waals surface area contributed by atoms with Crippen LogP contribution in [0.4, 0.5) is 5.69 Å². The predicted octanol–water partition coefficient (Wildman–Crippen LogP) is 1.76. The maximum absolute atomic E-state index is 12.0. The van der Waals surface area contributed by atoms with E-state index >= 15 is 0 Å². The zero-order chi connectivity index (χ0) is 14.9. The van der Waals surface area contributed by atoms with Crippen LogP contribution in [-0.4, -0.2) is 29.1 Å². The fourth-order valence-corrected chi connectivity index (χ4v) is 2.07. The summed E-state index contributed by atoms with van der Waals surface area (Å²) in [6.45, 7) is 3.21. The SMILES string of the molecule is Cc1cccc(C(=O)OC2CC(C)OC2=O)c1[N+](=O)[O-]. The number of carbonyl (C=O) groups is 2. The van der Waals surface area contributed by atoms with Crippen LogP contribution in [0.25, 0.3) is 0 Å². The summed E-state index contributed by atoms with van der Waals surface area (Å²) in [4.78, 5) is 33.8. The average Bonchev–Trinajstić information content (AvgIpc) is 2.66. The lowest BCUT2D eigenvalue weighted by Crippen LogP contribution is -2.23. The lowest BCUT2D eigenvalue weighted by Gasteiger charge is -2.09. The van der Waals surface area contributed by atoms with Crippen LogP contribution in [0.3, 0.4) is 0 Å². The number of nitrogens with zero attached hydrogens (tertiary/aromatic N) is 1. The third-order valence-electron chi connectivity index (χ3n) is 3.02. The first-order valence-corrected chi connectivity index (χ1v) is 6.05. The highest BCUT2D eigenvalue weighted by Gasteiger charge is 2.36. The molecule has 1 fully saturated rings. The van der Waals surface area contributed by atoms with Crippen LogP contribution in [0.15, 0.2) is 18.2 Å². The highest BCUT2D eigenvalue weighted by molar-refractivity contribution is 5.96. The van der Waals surface area contributed by atoms with E-state index in [0.29, 0.717) is 5.56 Å². The fourth-order valence-electron chi connectivity index (χ4n) is 2.07. The molecule has 7 nitrogen and oxygen atoms in total. The molecular weight excluding hydrogens is 266 g/mol. The quantitative estimate of drug-likeness (QED) is 0.475. The van der Waals surface area contributed by atoms with Gasteiger partial charge in [0.1, 0.15) is 11.7 Å². The zero-order valence-corrected chi connectivity index (χ0v) is 11.0. The molecule has 1 aliphatic rings. The Kier molecular flexibility index (Phi) is 3.69. The number of para-hydroxylation sites is 1. The third-order valence-corrected chi connectivity index (χ3v) is 3.02. The van der Waals surface area contributed by atoms with Crippen LogP contribution in [0.5, 0.6) is 0 Å². The Morgan fingerprint density at radius 1 is 1.50 bits per heavy atom. The van der Waals surface area contributed by atoms with E-state index in [2.05, 4.69) is 0 Å². The second-order valence-electron chi connectivity index (χ2n) is 4.61. The third kappa shape index (κ3) is 2.61. The molecule has 0 saturated carbocycles. The van der Waals surface area contributed by atoms with Gasteiger partial charge in [0.25, 0.3) is 5.69 Å². The summed E-state index contributed by atoms with van der Waals surface area (Å²) in [5.41, 5.74) is -0.119. The molecule has 20 heavy (non-hydrogen) atoms. The van der Waals surface area contributed by atoms with Gasteiger partial charge in [0.05, 0.1) is 4.92 Å². The van der Waals surface area contributed by atoms with Crippen LogP contribution in [0.1, 0.15) is 29.3 Å². The summed E-state index contributed by atoms with van der Waals surface area (Å²) < 4.78 is 9.87. The molecule has 1 saturated heterocycles. The van der Waals surface area contributed by atoms with Crippen molar-refractivity contribution in [3.8, 4) is 0 Å². The number of hydrogen-bond acceptors (Lipinski definition) is 6. The van der Waals surface area contributed by atoms with E-state index in [-0.39, 0.29) is 23.8 Å². The molecule has 1 heterocycles. The number of rotatable bonds is 3. The molecule has 1 aromatic rings. The molecule has 0 bridgehead atoms. The first-order valence-electron chi connectivity index (χ1n) is 6.05. The number of ether oxygens (including phenoxy) is 2. The van der Waals surface area contributed by atoms with Crippen LogP contribution >= 0.6 is 0 Å². The van der Waals surface area contributed by atoms with Crippen LogP contribution in [-0.2, 0) is 14.3 Å². The topological polar surface area (TPSA) is 95.7 Å². The summed E-state index contributed by atoms with van der Waals surface area (Å²) in [6.07, 6.45) is -1.07. The van der Waals surface area contributed by atoms with Crippen LogP contribution in [0, 0.1) is 17.0 Å². The van der Waals surface area contributed by atoms with Crippen molar-refractivity contribution < 1.29 is 24.0 Å². The minimum atomic E-state index is -1.00. The van der Waals surface area contributed by atoms with Crippen LogP contribution in [0.2, 0.25) is 0 Å².